The third-order valence-corrected chi connectivity index (χ3v) is 2.71. The van der Waals surface area contributed by atoms with E-state index in [-0.39, 0.29) is 4.87 Å². The fraction of sp³-hybridized carbons (Fsp3) is 0.571. The van der Waals surface area contributed by atoms with E-state index in [1.807, 2.05) is 12.3 Å². The number of aryl methyl sites for hydroxylation is 1. The van der Waals surface area contributed by atoms with Crippen LogP contribution in [0.4, 0.5) is 0 Å². The fourth-order valence-corrected chi connectivity index (χ4v) is 1.81. The summed E-state index contributed by atoms with van der Waals surface area (Å²) in [7, 11) is 0. The first-order chi connectivity index (χ1) is 5.25. The van der Waals surface area contributed by atoms with E-state index in [4.69, 9.17) is 0 Å². The quantitative estimate of drug-likeness (QED) is 0.716. The van der Waals surface area contributed by atoms with Crippen LogP contribution in [0, 0.1) is 6.92 Å². The predicted molar refractivity (Wildman–Crippen MR) is 51.8 cm³/mol. The van der Waals surface area contributed by atoms with Crippen molar-refractivity contribution in [1.82, 2.24) is 4.57 Å². The number of thiol groups is 1. The molecule has 4 heteroatoms. The maximum atomic E-state index is 11.1. The number of thiazole rings is 1. The molecule has 1 aromatic rings. The monoisotopic (exact) mass is 189 g/mol. The highest BCUT2D eigenvalue weighted by Crippen LogP contribution is 2.00. The van der Waals surface area contributed by atoms with Crippen LogP contribution in [0.1, 0.15) is 12.1 Å². The van der Waals surface area contributed by atoms with Gasteiger partial charge in [-0.15, -0.1) is 0 Å². The second-order valence-corrected chi connectivity index (χ2v) is 3.64. The molecule has 0 aliphatic carbocycles. The Morgan fingerprint density at radius 1 is 1.73 bits per heavy atom. The van der Waals surface area contributed by atoms with Gasteiger partial charge in [0.25, 0.3) is 0 Å². The lowest BCUT2D eigenvalue weighted by Gasteiger charge is -2.00. The van der Waals surface area contributed by atoms with Crippen molar-refractivity contribution >= 4 is 24.0 Å². The largest absolute Gasteiger partial charge is 0.307 e. The molecule has 62 valence electrons. The van der Waals surface area contributed by atoms with E-state index in [1.54, 1.807) is 4.57 Å². The van der Waals surface area contributed by atoms with E-state index < -0.39 is 0 Å². The Kier molecular flexibility index (Phi) is 3.20. The molecule has 0 saturated heterocycles. The molecule has 1 heterocycles. The molecule has 0 spiro atoms. The molecule has 0 aromatic carbocycles. The summed E-state index contributed by atoms with van der Waals surface area (Å²) in [5.41, 5.74) is 1.06. The molecule has 11 heavy (non-hydrogen) atoms. The van der Waals surface area contributed by atoms with Crippen LogP contribution >= 0.6 is 24.0 Å². The second-order valence-electron chi connectivity index (χ2n) is 2.37. The Hall–Kier alpha value is -0.220. The Morgan fingerprint density at radius 3 is 2.91 bits per heavy atom. The van der Waals surface area contributed by atoms with Crippen LogP contribution in [0.25, 0.3) is 0 Å². The zero-order valence-corrected chi connectivity index (χ0v) is 8.12. The van der Waals surface area contributed by atoms with Crippen LogP contribution in [0.3, 0.4) is 0 Å². The van der Waals surface area contributed by atoms with Crippen molar-refractivity contribution in [3.05, 3.63) is 20.7 Å². The summed E-state index contributed by atoms with van der Waals surface area (Å²) >= 11 is 5.35. The van der Waals surface area contributed by atoms with E-state index in [1.165, 1.54) is 11.3 Å². The standard InChI is InChI=1S/C7H11NOS2/c1-6-5-11-7(9)8(6)3-2-4-10/h5,10H,2-4H2,1H3. The predicted octanol–water partition coefficient (Wildman–Crippen LogP) is 1.54. The number of hydrogen-bond acceptors (Lipinski definition) is 3. The van der Waals surface area contributed by atoms with Crippen molar-refractivity contribution < 1.29 is 0 Å². The zero-order chi connectivity index (χ0) is 8.27. The summed E-state index contributed by atoms with van der Waals surface area (Å²) in [6.45, 7) is 2.76. The molecule has 0 fully saturated rings. The van der Waals surface area contributed by atoms with Gasteiger partial charge in [-0.2, -0.15) is 12.6 Å². The number of rotatable bonds is 3. The van der Waals surface area contributed by atoms with Crippen LogP contribution in [0.2, 0.25) is 0 Å². The SMILES string of the molecule is Cc1csc(=O)n1CCCS. The lowest BCUT2D eigenvalue weighted by molar-refractivity contribution is 0.656. The normalized spacial score (nSPS) is 10.4. The van der Waals surface area contributed by atoms with Crippen molar-refractivity contribution in [2.75, 3.05) is 5.75 Å². The first kappa shape index (κ1) is 8.87. The van der Waals surface area contributed by atoms with Crippen molar-refractivity contribution in [1.29, 1.82) is 0 Å². The average Bonchev–Trinajstić information content (AvgIpc) is 2.29. The highest BCUT2D eigenvalue weighted by molar-refractivity contribution is 7.80. The third kappa shape index (κ3) is 2.10. The van der Waals surface area contributed by atoms with Gasteiger partial charge in [0.1, 0.15) is 0 Å². The number of hydrogen-bond donors (Lipinski definition) is 1. The molecule has 0 aliphatic heterocycles. The molecule has 2 nitrogen and oxygen atoms in total. The molecular formula is C7H11NOS2. The van der Waals surface area contributed by atoms with Crippen LogP contribution in [0.15, 0.2) is 10.2 Å². The first-order valence-electron chi connectivity index (χ1n) is 3.51. The van der Waals surface area contributed by atoms with E-state index >= 15 is 0 Å². The minimum atomic E-state index is 0.143. The van der Waals surface area contributed by atoms with Crippen LogP contribution in [-0.2, 0) is 6.54 Å². The molecule has 0 saturated carbocycles. The molecule has 0 unspecified atom stereocenters. The minimum Gasteiger partial charge on any atom is -0.303 e. The molecule has 0 bridgehead atoms. The van der Waals surface area contributed by atoms with Gasteiger partial charge < -0.3 is 4.57 Å². The molecule has 1 rings (SSSR count). The van der Waals surface area contributed by atoms with Crippen molar-refractivity contribution in [3.8, 4) is 0 Å². The van der Waals surface area contributed by atoms with E-state index in [9.17, 15) is 4.79 Å². The van der Waals surface area contributed by atoms with Gasteiger partial charge in [0.15, 0.2) is 0 Å². The fourth-order valence-electron chi connectivity index (χ4n) is 0.903. The Balaban J connectivity index is 2.75. The highest BCUT2D eigenvalue weighted by atomic mass is 32.1. The van der Waals surface area contributed by atoms with Crippen LogP contribution in [0.5, 0.6) is 0 Å². The van der Waals surface area contributed by atoms with Gasteiger partial charge in [0.2, 0.25) is 0 Å². The summed E-state index contributed by atoms with van der Waals surface area (Å²) in [6.07, 6.45) is 0.959. The van der Waals surface area contributed by atoms with Crippen molar-refractivity contribution in [3.63, 3.8) is 0 Å². The third-order valence-electron chi connectivity index (χ3n) is 1.52. The van der Waals surface area contributed by atoms with Gasteiger partial charge >= 0.3 is 4.87 Å². The Labute approximate surface area is 75.3 Å². The topological polar surface area (TPSA) is 22.0 Å². The molecule has 0 atom stereocenters. The van der Waals surface area contributed by atoms with Gasteiger partial charge in [-0.05, 0) is 19.1 Å². The molecule has 0 amide bonds. The lowest BCUT2D eigenvalue weighted by Crippen LogP contribution is -2.14. The maximum Gasteiger partial charge on any atom is 0.307 e. The summed E-state index contributed by atoms with van der Waals surface area (Å²) < 4.78 is 1.79. The molecule has 0 radical (unpaired) electrons. The number of nitrogens with zero attached hydrogens (tertiary/aromatic N) is 1. The second kappa shape index (κ2) is 3.97. The van der Waals surface area contributed by atoms with Gasteiger partial charge in [-0.1, -0.05) is 11.3 Å². The first-order valence-corrected chi connectivity index (χ1v) is 5.02. The lowest BCUT2D eigenvalue weighted by atomic mass is 10.4. The van der Waals surface area contributed by atoms with Gasteiger partial charge in [-0.25, -0.2) is 0 Å². The zero-order valence-electron chi connectivity index (χ0n) is 6.41. The van der Waals surface area contributed by atoms with Crippen molar-refractivity contribution in [2.45, 2.75) is 19.9 Å². The molecule has 0 aliphatic rings. The van der Waals surface area contributed by atoms with E-state index in [0.29, 0.717) is 0 Å². The van der Waals surface area contributed by atoms with Crippen molar-refractivity contribution in [2.24, 2.45) is 0 Å². The minimum absolute atomic E-state index is 0.143. The average molecular weight is 189 g/mol. The Morgan fingerprint density at radius 2 is 2.45 bits per heavy atom. The maximum absolute atomic E-state index is 11.1. The van der Waals surface area contributed by atoms with Crippen LogP contribution < -0.4 is 4.87 Å². The summed E-state index contributed by atoms with van der Waals surface area (Å²) in [5, 5.41) is 1.89. The molecule has 0 N–H and O–H groups in total. The van der Waals surface area contributed by atoms with Gasteiger partial charge in [0.05, 0.1) is 0 Å². The smallest absolute Gasteiger partial charge is 0.303 e. The summed E-state index contributed by atoms with van der Waals surface area (Å²) in [5.74, 6) is 0.835. The van der Waals surface area contributed by atoms with E-state index in [0.717, 1.165) is 24.4 Å². The molecular weight excluding hydrogens is 178 g/mol. The van der Waals surface area contributed by atoms with Crippen LogP contribution in [-0.4, -0.2) is 10.3 Å². The summed E-state index contributed by atoms with van der Waals surface area (Å²) in [4.78, 5) is 11.2. The van der Waals surface area contributed by atoms with E-state index in [2.05, 4.69) is 12.6 Å². The Bertz CT molecular complexity index is 276. The summed E-state index contributed by atoms with van der Waals surface area (Å²) in [6, 6.07) is 0. The molecule has 1 aromatic heterocycles. The van der Waals surface area contributed by atoms with Gasteiger partial charge in [-0.3, -0.25) is 4.79 Å². The number of aromatic nitrogens is 1. The highest BCUT2D eigenvalue weighted by Gasteiger charge is 1.99. The van der Waals surface area contributed by atoms with Gasteiger partial charge in [0, 0.05) is 17.6 Å².